The zero-order chi connectivity index (χ0) is 12.3. The molecule has 2 fully saturated rings. The average molecular weight is 310 g/mol. The second-order valence-corrected chi connectivity index (χ2v) is 7.70. The first-order valence-corrected chi connectivity index (χ1v) is 6.46. The number of carboxylic acids is 1. The molecule has 7 heteroatoms. The van der Waals surface area contributed by atoms with Gasteiger partial charge in [0.05, 0.1) is 6.61 Å². The summed E-state index contributed by atoms with van der Waals surface area (Å²) in [4.78, 5) is 24.4. The fourth-order valence-corrected chi connectivity index (χ4v) is 4.55. The van der Waals surface area contributed by atoms with Crippen molar-refractivity contribution in [1.29, 1.82) is 0 Å². The van der Waals surface area contributed by atoms with E-state index in [0.717, 1.165) is 0 Å². The van der Waals surface area contributed by atoms with E-state index in [1.807, 2.05) is 0 Å². The molecule has 0 radical (unpaired) electrons. The van der Waals surface area contributed by atoms with Crippen LogP contribution in [0.25, 0.3) is 0 Å². The van der Waals surface area contributed by atoms with Crippen molar-refractivity contribution < 1.29 is 19.8 Å². The highest BCUT2D eigenvalue weighted by Crippen LogP contribution is 2.57. The number of alkyl halides is 1. The number of halogens is 1. The maximum atomic E-state index is 11.8. The lowest BCUT2D eigenvalue weighted by atomic mass is 9.92. The van der Waals surface area contributed by atoms with E-state index in [2.05, 4.69) is 15.9 Å². The van der Waals surface area contributed by atoms with Crippen molar-refractivity contribution in [1.82, 2.24) is 4.90 Å². The number of β-lactam (4-membered cyclic amide) rings is 1. The van der Waals surface area contributed by atoms with Gasteiger partial charge in [-0.05, 0) is 13.8 Å². The second-order valence-electron chi connectivity index (χ2n) is 4.55. The predicted octanol–water partition coefficient (Wildman–Crippen LogP) is 0.259. The van der Waals surface area contributed by atoms with Crippen LogP contribution >= 0.6 is 27.7 Å². The van der Waals surface area contributed by atoms with Gasteiger partial charge in [-0.25, -0.2) is 4.79 Å². The van der Waals surface area contributed by atoms with Crippen molar-refractivity contribution in [2.24, 2.45) is 0 Å². The van der Waals surface area contributed by atoms with Crippen LogP contribution in [0.1, 0.15) is 13.8 Å². The Morgan fingerprint density at radius 2 is 2.19 bits per heavy atom. The molecule has 0 bridgehead atoms. The number of aliphatic hydroxyl groups excluding tert-OH is 1. The van der Waals surface area contributed by atoms with Gasteiger partial charge in [0.1, 0.15) is 11.4 Å². The maximum Gasteiger partial charge on any atom is 0.327 e. The number of carbonyl (C=O) groups excluding carboxylic acids is 1. The summed E-state index contributed by atoms with van der Waals surface area (Å²) >= 11 is 4.62. The summed E-state index contributed by atoms with van der Waals surface area (Å²) in [6.07, 6.45) is 0. The van der Waals surface area contributed by atoms with Crippen molar-refractivity contribution in [2.75, 3.05) is 6.61 Å². The van der Waals surface area contributed by atoms with Gasteiger partial charge in [0.15, 0.2) is 4.32 Å². The second kappa shape index (κ2) is 3.36. The largest absolute Gasteiger partial charge is 0.480 e. The predicted molar refractivity (Wildman–Crippen MR) is 62.5 cm³/mol. The van der Waals surface area contributed by atoms with Crippen LogP contribution < -0.4 is 0 Å². The van der Waals surface area contributed by atoms with Gasteiger partial charge in [-0.15, -0.1) is 11.8 Å². The number of nitrogens with zero attached hydrogens (tertiary/aromatic N) is 1. The molecule has 0 aromatic carbocycles. The number of carbonyl (C=O) groups is 2. The molecule has 2 aliphatic heterocycles. The zero-order valence-electron chi connectivity index (χ0n) is 8.81. The monoisotopic (exact) mass is 309 g/mol. The van der Waals surface area contributed by atoms with E-state index in [4.69, 9.17) is 5.11 Å². The Morgan fingerprint density at radius 1 is 1.62 bits per heavy atom. The Hall–Kier alpha value is -0.270. The van der Waals surface area contributed by atoms with Crippen molar-refractivity contribution in [3.63, 3.8) is 0 Å². The molecule has 2 saturated heterocycles. The normalized spacial score (nSPS) is 40.5. The van der Waals surface area contributed by atoms with E-state index in [0.29, 0.717) is 0 Å². The summed E-state index contributed by atoms with van der Waals surface area (Å²) < 4.78 is -1.55. The highest BCUT2D eigenvalue weighted by atomic mass is 79.9. The lowest BCUT2D eigenvalue weighted by Gasteiger charge is -2.48. The maximum absolute atomic E-state index is 11.8. The van der Waals surface area contributed by atoms with Crippen LogP contribution in [0.2, 0.25) is 0 Å². The smallest absolute Gasteiger partial charge is 0.327 e. The van der Waals surface area contributed by atoms with Crippen molar-refractivity contribution >= 4 is 39.6 Å². The van der Waals surface area contributed by atoms with Crippen LogP contribution in [0, 0.1) is 0 Å². The van der Waals surface area contributed by atoms with Crippen LogP contribution in [0.5, 0.6) is 0 Å². The Balaban J connectivity index is 2.35. The summed E-state index contributed by atoms with van der Waals surface area (Å²) in [5.41, 5.74) is 0. The van der Waals surface area contributed by atoms with E-state index in [1.165, 1.54) is 16.7 Å². The number of thioether (sulfide) groups is 1. The van der Waals surface area contributed by atoms with Crippen LogP contribution in [0.4, 0.5) is 0 Å². The van der Waals surface area contributed by atoms with Gasteiger partial charge in [-0.1, -0.05) is 15.9 Å². The molecule has 3 atom stereocenters. The minimum atomic E-state index is -1.00. The van der Waals surface area contributed by atoms with Crippen LogP contribution in [-0.4, -0.2) is 54.1 Å². The summed E-state index contributed by atoms with van der Waals surface area (Å²) in [7, 11) is 0. The van der Waals surface area contributed by atoms with Gasteiger partial charge in [-0.3, -0.25) is 4.79 Å². The molecule has 2 N–H and O–H groups in total. The minimum Gasteiger partial charge on any atom is -0.480 e. The number of hydrogen-bond acceptors (Lipinski definition) is 4. The number of fused-ring (bicyclic) bond motifs is 1. The number of aliphatic carboxylic acids is 1. The fourth-order valence-electron chi connectivity index (χ4n) is 2.23. The molecule has 0 unspecified atom stereocenters. The van der Waals surface area contributed by atoms with Gasteiger partial charge in [0.2, 0.25) is 5.91 Å². The molecule has 2 heterocycles. The quantitative estimate of drug-likeness (QED) is 0.565. The standard InChI is InChI=1S/C9H12BrNO4S/c1-8(2)4(5(13)14)11-6(15)9(10,3-12)7(11)16-8/h4,7,12H,3H2,1-2H3,(H,13,14)/t4-,7+,9-/m0/s1. The fraction of sp³-hybridized carbons (Fsp3) is 0.778. The Bertz CT molecular complexity index is 375. The first kappa shape index (κ1) is 12.2. The Labute approximate surface area is 105 Å². The van der Waals surface area contributed by atoms with Gasteiger partial charge in [0, 0.05) is 4.75 Å². The first-order valence-electron chi connectivity index (χ1n) is 4.79. The molecule has 0 spiro atoms. The number of carboxylic acid groups (broad SMARTS) is 1. The van der Waals surface area contributed by atoms with Crippen molar-refractivity contribution in [3.05, 3.63) is 0 Å². The zero-order valence-corrected chi connectivity index (χ0v) is 11.2. The summed E-state index contributed by atoms with van der Waals surface area (Å²) in [5, 5.41) is 18.0. The molecule has 0 aromatic rings. The van der Waals surface area contributed by atoms with Gasteiger partial charge in [0.25, 0.3) is 0 Å². The Kier molecular flexibility index (Phi) is 2.56. The lowest BCUT2D eigenvalue weighted by Crippen LogP contribution is -2.72. The third-order valence-corrected chi connectivity index (χ3v) is 6.06. The Morgan fingerprint density at radius 3 is 2.62 bits per heavy atom. The number of hydrogen-bond donors (Lipinski definition) is 2. The summed E-state index contributed by atoms with van der Waals surface area (Å²) in [5.74, 6) is -1.34. The van der Waals surface area contributed by atoms with Gasteiger partial charge < -0.3 is 15.1 Å². The van der Waals surface area contributed by atoms with Crippen molar-refractivity contribution in [3.8, 4) is 0 Å². The minimum absolute atomic E-state index is 0.305. The molecule has 1 amide bonds. The van der Waals surface area contributed by atoms with Gasteiger partial charge >= 0.3 is 5.97 Å². The third kappa shape index (κ3) is 1.28. The van der Waals surface area contributed by atoms with Gasteiger partial charge in [-0.2, -0.15) is 0 Å². The molecule has 16 heavy (non-hydrogen) atoms. The number of amides is 1. The topological polar surface area (TPSA) is 77.8 Å². The highest BCUT2D eigenvalue weighted by Gasteiger charge is 2.70. The molecule has 0 aromatic heterocycles. The van der Waals surface area contributed by atoms with Crippen LogP contribution in [0.3, 0.4) is 0 Å². The van der Waals surface area contributed by atoms with Crippen molar-refractivity contribution in [2.45, 2.75) is 34.3 Å². The highest BCUT2D eigenvalue weighted by molar-refractivity contribution is 9.10. The lowest BCUT2D eigenvalue weighted by molar-refractivity contribution is -0.161. The van der Waals surface area contributed by atoms with Crippen LogP contribution in [0.15, 0.2) is 0 Å². The summed E-state index contributed by atoms with van der Waals surface area (Å²) in [6.45, 7) is 3.28. The third-order valence-electron chi connectivity index (χ3n) is 3.05. The molecule has 2 aliphatic rings. The number of aliphatic hydroxyl groups is 1. The van der Waals surface area contributed by atoms with E-state index in [1.54, 1.807) is 13.8 Å². The molecule has 0 aliphatic carbocycles. The molecule has 90 valence electrons. The first-order chi connectivity index (χ1) is 7.25. The van der Waals surface area contributed by atoms with E-state index < -0.39 is 21.1 Å². The van der Waals surface area contributed by atoms with E-state index in [9.17, 15) is 14.7 Å². The number of rotatable bonds is 2. The average Bonchev–Trinajstić information content (AvgIpc) is 2.46. The van der Waals surface area contributed by atoms with E-state index in [-0.39, 0.29) is 17.9 Å². The molecular weight excluding hydrogens is 298 g/mol. The molecule has 5 nitrogen and oxygen atoms in total. The van der Waals surface area contributed by atoms with E-state index >= 15 is 0 Å². The molecule has 2 rings (SSSR count). The molecular formula is C9H12BrNO4S. The molecule has 0 saturated carbocycles. The SMILES string of the molecule is CC1(C)S[C@H]2N(C(=O)[C@@]2(Br)CO)[C@H]1C(=O)O. The van der Waals surface area contributed by atoms with Crippen LogP contribution in [-0.2, 0) is 9.59 Å². The summed E-state index contributed by atoms with van der Waals surface area (Å²) in [6, 6.07) is -0.827.